The first kappa shape index (κ1) is 14.3. The molecule has 1 atom stereocenters. The molecule has 18 heavy (non-hydrogen) atoms. The van der Waals surface area contributed by atoms with Crippen molar-refractivity contribution in [3.8, 4) is 0 Å². The van der Waals surface area contributed by atoms with Crippen molar-refractivity contribution in [1.82, 2.24) is 4.90 Å². The highest BCUT2D eigenvalue weighted by molar-refractivity contribution is 5.06. The highest BCUT2D eigenvalue weighted by Gasteiger charge is 2.50. The first-order valence-corrected chi connectivity index (χ1v) is 8.04. The Balaban J connectivity index is 2.27. The molecule has 0 bridgehead atoms. The molecular formula is C16H32N2. The van der Waals surface area contributed by atoms with Gasteiger partial charge in [0.1, 0.15) is 0 Å². The van der Waals surface area contributed by atoms with Gasteiger partial charge in [0.2, 0.25) is 0 Å². The summed E-state index contributed by atoms with van der Waals surface area (Å²) in [5.74, 6) is 0. The average Bonchev–Trinajstić information content (AvgIpc) is 2.85. The molecule has 2 aliphatic rings. The van der Waals surface area contributed by atoms with Gasteiger partial charge in [-0.1, -0.05) is 46.5 Å². The van der Waals surface area contributed by atoms with Gasteiger partial charge in [-0.15, -0.1) is 0 Å². The van der Waals surface area contributed by atoms with Crippen molar-refractivity contribution in [2.24, 2.45) is 11.1 Å². The molecule has 0 saturated heterocycles. The Bertz CT molecular complexity index is 268. The lowest BCUT2D eigenvalue weighted by Gasteiger charge is -2.58. The summed E-state index contributed by atoms with van der Waals surface area (Å²) in [6, 6.07) is 0.802. The number of likely N-dealkylation sites (N-methyl/N-ethyl adjacent to an activating group) is 1. The van der Waals surface area contributed by atoms with Gasteiger partial charge in [0.15, 0.2) is 0 Å². The van der Waals surface area contributed by atoms with Gasteiger partial charge in [-0.05, 0) is 37.6 Å². The summed E-state index contributed by atoms with van der Waals surface area (Å²) >= 11 is 0. The maximum Gasteiger partial charge on any atom is 0.0385 e. The van der Waals surface area contributed by atoms with Crippen LogP contribution in [0.25, 0.3) is 0 Å². The molecule has 0 spiro atoms. The molecule has 2 heteroatoms. The van der Waals surface area contributed by atoms with E-state index in [0.29, 0.717) is 5.41 Å². The monoisotopic (exact) mass is 252 g/mol. The van der Waals surface area contributed by atoms with Gasteiger partial charge >= 0.3 is 0 Å². The maximum atomic E-state index is 6.32. The lowest BCUT2D eigenvalue weighted by atomic mass is 9.61. The fourth-order valence-electron chi connectivity index (χ4n) is 4.71. The van der Waals surface area contributed by atoms with Crippen LogP contribution in [0.15, 0.2) is 0 Å². The van der Waals surface area contributed by atoms with E-state index in [4.69, 9.17) is 5.73 Å². The third-order valence-corrected chi connectivity index (χ3v) is 5.90. The van der Waals surface area contributed by atoms with Crippen LogP contribution < -0.4 is 5.73 Å². The number of nitrogens with two attached hydrogens (primary N) is 1. The van der Waals surface area contributed by atoms with Crippen molar-refractivity contribution in [3.63, 3.8) is 0 Å². The quantitative estimate of drug-likeness (QED) is 0.829. The summed E-state index contributed by atoms with van der Waals surface area (Å²) in [7, 11) is 0. The van der Waals surface area contributed by atoms with E-state index in [9.17, 15) is 0 Å². The molecule has 0 aromatic carbocycles. The minimum atomic E-state index is 0.259. The zero-order valence-corrected chi connectivity index (χ0v) is 12.7. The Hall–Kier alpha value is -0.0800. The van der Waals surface area contributed by atoms with Crippen LogP contribution in [0, 0.1) is 5.41 Å². The fraction of sp³-hybridized carbons (Fsp3) is 1.00. The third-order valence-electron chi connectivity index (χ3n) is 5.90. The summed E-state index contributed by atoms with van der Waals surface area (Å²) in [5.41, 5.74) is 6.95. The van der Waals surface area contributed by atoms with Gasteiger partial charge < -0.3 is 5.73 Å². The molecule has 2 rings (SSSR count). The predicted octanol–water partition coefficient (Wildman–Crippen LogP) is 3.55. The molecule has 0 aromatic heterocycles. The molecule has 1 unspecified atom stereocenters. The Labute approximate surface area is 113 Å². The minimum absolute atomic E-state index is 0.259. The van der Waals surface area contributed by atoms with Crippen LogP contribution in [0.1, 0.15) is 72.1 Å². The second-order valence-corrected chi connectivity index (χ2v) is 7.05. The van der Waals surface area contributed by atoms with Crippen molar-refractivity contribution in [2.75, 3.05) is 13.1 Å². The van der Waals surface area contributed by atoms with Crippen LogP contribution in [0.3, 0.4) is 0 Å². The predicted molar refractivity (Wildman–Crippen MR) is 78.7 cm³/mol. The van der Waals surface area contributed by atoms with Gasteiger partial charge in [-0.25, -0.2) is 0 Å². The standard InChI is InChI=1S/C16H32N2/c1-4-18(14-9-5-6-10-14)16(13-17)12-8-7-11-15(16,2)3/h14H,4-13,17H2,1-3H3. The number of hydrogen-bond acceptors (Lipinski definition) is 2. The molecule has 2 N–H and O–H groups in total. The van der Waals surface area contributed by atoms with E-state index in [1.165, 1.54) is 57.9 Å². The molecular weight excluding hydrogens is 220 g/mol. The Morgan fingerprint density at radius 1 is 1.06 bits per heavy atom. The van der Waals surface area contributed by atoms with Gasteiger partial charge in [-0.2, -0.15) is 0 Å². The lowest BCUT2D eigenvalue weighted by Crippen LogP contribution is -2.65. The Morgan fingerprint density at radius 3 is 2.17 bits per heavy atom. The van der Waals surface area contributed by atoms with Crippen molar-refractivity contribution in [2.45, 2.75) is 83.7 Å². The largest absolute Gasteiger partial charge is 0.329 e. The second kappa shape index (κ2) is 5.50. The first-order valence-electron chi connectivity index (χ1n) is 8.04. The van der Waals surface area contributed by atoms with Crippen molar-refractivity contribution < 1.29 is 0 Å². The molecule has 0 radical (unpaired) electrons. The summed E-state index contributed by atoms with van der Waals surface area (Å²) in [5, 5.41) is 0. The topological polar surface area (TPSA) is 29.3 Å². The van der Waals surface area contributed by atoms with E-state index >= 15 is 0 Å². The molecule has 2 aliphatic carbocycles. The molecule has 0 amide bonds. The van der Waals surface area contributed by atoms with E-state index < -0.39 is 0 Å². The molecule has 2 nitrogen and oxygen atoms in total. The van der Waals surface area contributed by atoms with E-state index in [-0.39, 0.29) is 5.54 Å². The number of hydrogen-bond donors (Lipinski definition) is 1. The van der Waals surface area contributed by atoms with E-state index in [2.05, 4.69) is 25.7 Å². The first-order chi connectivity index (χ1) is 8.57. The summed E-state index contributed by atoms with van der Waals surface area (Å²) in [6.07, 6.45) is 11.0. The smallest absolute Gasteiger partial charge is 0.0385 e. The molecule has 2 fully saturated rings. The van der Waals surface area contributed by atoms with Crippen LogP contribution >= 0.6 is 0 Å². The third kappa shape index (κ3) is 2.22. The zero-order valence-electron chi connectivity index (χ0n) is 12.7. The average molecular weight is 252 g/mol. The van der Waals surface area contributed by atoms with E-state index in [1.807, 2.05) is 0 Å². The van der Waals surface area contributed by atoms with Gasteiger partial charge in [0.05, 0.1) is 0 Å². The molecule has 0 aromatic rings. The maximum absolute atomic E-state index is 6.32. The number of rotatable bonds is 4. The van der Waals surface area contributed by atoms with Crippen LogP contribution in [-0.2, 0) is 0 Å². The van der Waals surface area contributed by atoms with Crippen molar-refractivity contribution >= 4 is 0 Å². The van der Waals surface area contributed by atoms with Crippen LogP contribution in [-0.4, -0.2) is 29.6 Å². The highest BCUT2D eigenvalue weighted by Crippen LogP contribution is 2.48. The molecule has 2 saturated carbocycles. The fourth-order valence-corrected chi connectivity index (χ4v) is 4.71. The summed E-state index contributed by atoms with van der Waals surface area (Å²) in [4.78, 5) is 2.80. The van der Waals surface area contributed by atoms with Crippen molar-refractivity contribution in [1.29, 1.82) is 0 Å². The molecule has 0 aliphatic heterocycles. The van der Waals surface area contributed by atoms with E-state index in [0.717, 1.165) is 12.6 Å². The lowest BCUT2D eigenvalue weighted by molar-refractivity contribution is -0.0638. The van der Waals surface area contributed by atoms with Gasteiger partial charge in [0.25, 0.3) is 0 Å². The Morgan fingerprint density at radius 2 is 1.67 bits per heavy atom. The van der Waals surface area contributed by atoms with Crippen molar-refractivity contribution in [3.05, 3.63) is 0 Å². The normalized spacial score (nSPS) is 33.2. The SMILES string of the molecule is CCN(C1CCCC1)C1(CN)CCCCC1(C)C. The molecule has 0 heterocycles. The van der Waals surface area contributed by atoms with Gasteiger partial charge in [-0.3, -0.25) is 4.90 Å². The van der Waals surface area contributed by atoms with Crippen LogP contribution in [0.5, 0.6) is 0 Å². The summed E-state index contributed by atoms with van der Waals surface area (Å²) in [6.45, 7) is 9.25. The second-order valence-electron chi connectivity index (χ2n) is 7.05. The zero-order chi connectivity index (χ0) is 13.2. The minimum Gasteiger partial charge on any atom is -0.329 e. The highest BCUT2D eigenvalue weighted by atomic mass is 15.2. The number of nitrogens with zero attached hydrogens (tertiary/aromatic N) is 1. The van der Waals surface area contributed by atoms with Crippen LogP contribution in [0.4, 0.5) is 0 Å². The van der Waals surface area contributed by atoms with E-state index in [1.54, 1.807) is 0 Å². The van der Waals surface area contributed by atoms with Crippen LogP contribution in [0.2, 0.25) is 0 Å². The summed E-state index contributed by atoms with van der Waals surface area (Å²) < 4.78 is 0. The van der Waals surface area contributed by atoms with Gasteiger partial charge in [0, 0.05) is 18.1 Å². The Kier molecular flexibility index (Phi) is 4.38. The molecule has 106 valence electrons.